The minimum atomic E-state index is -0.313. The summed E-state index contributed by atoms with van der Waals surface area (Å²) in [4.78, 5) is 26.0. The Bertz CT molecular complexity index is 725. The number of rotatable bonds is 3. The molecule has 1 aliphatic rings. The zero-order chi connectivity index (χ0) is 15.5. The van der Waals surface area contributed by atoms with Crippen LogP contribution in [0.15, 0.2) is 71.8 Å². The highest BCUT2D eigenvalue weighted by Crippen LogP contribution is 2.46. The van der Waals surface area contributed by atoms with Gasteiger partial charge in [-0.05, 0) is 24.6 Å². The minimum absolute atomic E-state index is 0.0186. The van der Waals surface area contributed by atoms with Crippen LogP contribution in [0.4, 0.5) is 5.69 Å². The summed E-state index contributed by atoms with van der Waals surface area (Å²) < 4.78 is 0. The predicted octanol–water partition coefficient (Wildman–Crippen LogP) is 3.94. The van der Waals surface area contributed by atoms with Crippen LogP contribution < -0.4 is 4.90 Å². The fourth-order valence-corrected chi connectivity index (χ4v) is 3.67. The van der Waals surface area contributed by atoms with Crippen LogP contribution in [0.25, 0.3) is 0 Å². The number of benzene rings is 2. The van der Waals surface area contributed by atoms with Gasteiger partial charge in [-0.3, -0.25) is 14.5 Å². The Hall–Kier alpha value is -2.33. The lowest BCUT2D eigenvalue weighted by Crippen LogP contribution is -2.25. The number of hydrogen-bond donors (Lipinski definition) is 0. The number of nitrogens with zero attached hydrogens (tertiary/aromatic N) is 1. The number of para-hydroxylation sites is 1. The second-order valence-electron chi connectivity index (χ2n) is 5.01. The van der Waals surface area contributed by atoms with Crippen LogP contribution in [0.3, 0.4) is 0 Å². The Morgan fingerprint density at radius 3 is 2.23 bits per heavy atom. The molecule has 0 aliphatic carbocycles. The first-order valence-electron chi connectivity index (χ1n) is 6.99. The average Bonchev–Trinajstić information content (AvgIpc) is 2.85. The molecule has 1 saturated heterocycles. The predicted molar refractivity (Wildman–Crippen MR) is 89.5 cm³/mol. The number of ketones is 1. The van der Waals surface area contributed by atoms with E-state index in [4.69, 9.17) is 0 Å². The molecule has 2 aromatic carbocycles. The number of thioether (sulfide) groups is 1. The Morgan fingerprint density at radius 2 is 1.64 bits per heavy atom. The zero-order valence-corrected chi connectivity index (χ0v) is 12.9. The maximum absolute atomic E-state index is 12.9. The molecule has 3 nitrogen and oxygen atoms in total. The van der Waals surface area contributed by atoms with Crippen LogP contribution in [-0.4, -0.2) is 11.7 Å². The molecule has 0 unspecified atom stereocenters. The van der Waals surface area contributed by atoms with E-state index in [-0.39, 0.29) is 16.9 Å². The van der Waals surface area contributed by atoms with E-state index in [1.54, 1.807) is 4.90 Å². The summed E-state index contributed by atoms with van der Waals surface area (Å²) in [6, 6.07) is 19.1. The molecule has 1 atom stereocenters. The van der Waals surface area contributed by atoms with Crippen LogP contribution in [-0.2, 0) is 9.59 Å². The molecule has 22 heavy (non-hydrogen) atoms. The van der Waals surface area contributed by atoms with Gasteiger partial charge in [0.15, 0.2) is 5.78 Å². The molecule has 4 heteroatoms. The van der Waals surface area contributed by atoms with E-state index in [0.717, 1.165) is 11.3 Å². The number of hydrogen-bond acceptors (Lipinski definition) is 3. The number of carbonyl (C=O) groups excluding carboxylic acids is 2. The van der Waals surface area contributed by atoms with Crippen LogP contribution in [0, 0.1) is 0 Å². The fourth-order valence-electron chi connectivity index (χ4n) is 2.39. The average molecular weight is 309 g/mol. The summed E-state index contributed by atoms with van der Waals surface area (Å²) >= 11 is 1.42. The highest BCUT2D eigenvalue weighted by molar-refractivity contribution is 8.04. The maximum Gasteiger partial charge on any atom is 0.249 e. The molecule has 1 aliphatic heterocycles. The van der Waals surface area contributed by atoms with Gasteiger partial charge in [0.05, 0.1) is 5.03 Å². The molecule has 110 valence electrons. The first-order valence-corrected chi connectivity index (χ1v) is 7.87. The molecule has 3 rings (SSSR count). The van der Waals surface area contributed by atoms with Crippen molar-refractivity contribution in [1.82, 2.24) is 0 Å². The summed E-state index contributed by atoms with van der Waals surface area (Å²) in [6.45, 7) is 1.50. The number of anilines is 1. The van der Waals surface area contributed by atoms with E-state index in [2.05, 4.69) is 0 Å². The lowest BCUT2D eigenvalue weighted by Gasteiger charge is -2.17. The number of allylic oxidation sites excluding steroid dienone is 1. The Kier molecular flexibility index (Phi) is 4.11. The first-order chi connectivity index (χ1) is 10.7. The van der Waals surface area contributed by atoms with Gasteiger partial charge >= 0.3 is 0 Å². The second kappa shape index (κ2) is 6.20. The van der Waals surface area contributed by atoms with Crippen molar-refractivity contribution >= 4 is 29.1 Å². The van der Waals surface area contributed by atoms with Crippen LogP contribution in [0.1, 0.15) is 17.7 Å². The molecule has 2 aromatic rings. The third-order valence-corrected chi connectivity index (χ3v) is 4.60. The van der Waals surface area contributed by atoms with Gasteiger partial charge in [-0.2, -0.15) is 0 Å². The third-order valence-electron chi connectivity index (χ3n) is 3.35. The Morgan fingerprint density at radius 1 is 1.05 bits per heavy atom. The highest BCUT2D eigenvalue weighted by atomic mass is 32.2. The molecule has 0 N–H and O–H groups in total. The molecule has 1 fully saturated rings. The minimum Gasteiger partial charge on any atom is -0.295 e. The smallest absolute Gasteiger partial charge is 0.249 e. The van der Waals surface area contributed by atoms with Crippen molar-refractivity contribution in [2.45, 2.75) is 12.2 Å². The van der Waals surface area contributed by atoms with Gasteiger partial charge in [-0.25, -0.2) is 0 Å². The van der Waals surface area contributed by atoms with Crippen LogP contribution in [0.2, 0.25) is 0 Å². The molecular formula is C18H15NO2S. The van der Waals surface area contributed by atoms with Crippen molar-refractivity contribution in [3.05, 3.63) is 77.3 Å². The molecular weight excluding hydrogens is 294 g/mol. The van der Waals surface area contributed by atoms with Crippen molar-refractivity contribution < 1.29 is 9.59 Å². The molecule has 0 bridgehead atoms. The molecule has 1 amide bonds. The number of carbonyl (C=O) groups is 2. The Balaban J connectivity index is 2.03. The Labute approximate surface area is 133 Å². The topological polar surface area (TPSA) is 37.4 Å². The lowest BCUT2D eigenvalue weighted by atomic mass is 10.1. The molecule has 1 heterocycles. The zero-order valence-electron chi connectivity index (χ0n) is 12.1. The van der Waals surface area contributed by atoms with Gasteiger partial charge < -0.3 is 0 Å². The van der Waals surface area contributed by atoms with E-state index in [1.165, 1.54) is 24.8 Å². The van der Waals surface area contributed by atoms with Gasteiger partial charge in [0, 0.05) is 11.8 Å². The van der Waals surface area contributed by atoms with Crippen molar-refractivity contribution in [2.75, 3.05) is 4.90 Å². The van der Waals surface area contributed by atoms with Gasteiger partial charge in [0.2, 0.25) is 5.91 Å². The quantitative estimate of drug-likeness (QED) is 0.806. The molecule has 0 radical (unpaired) electrons. The van der Waals surface area contributed by atoms with E-state index in [0.29, 0.717) is 5.03 Å². The standard InChI is InChI=1S/C18H15NO2S/c1-13(20)12-16-19(15-10-6-3-7-11-15)18(21)17(22-16)14-8-4-2-5-9-14/h2-12,17H,1H3/b16-12-/t17-/m1/s1. The summed E-state index contributed by atoms with van der Waals surface area (Å²) in [5.41, 5.74) is 1.73. The summed E-state index contributed by atoms with van der Waals surface area (Å²) in [7, 11) is 0. The van der Waals surface area contributed by atoms with Crippen molar-refractivity contribution in [2.24, 2.45) is 0 Å². The van der Waals surface area contributed by atoms with E-state index in [1.807, 2.05) is 60.7 Å². The third kappa shape index (κ3) is 2.83. The normalized spacial score (nSPS) is 19.7. The number of amides is 1. The second-order valence-corrected chi connectivity index (χ2v) is 6.14. The molecule has 0 aromatic heterocycles. The fraction of sp³-hybridized carbons (Fsp3) is 0.111. The first kappa shape index (κ1) is 14.6. The van der Waals surface area contributed by atoms with Crippen molar-refractivity contribution in [1.29, 1.82) is 0 Å². The van der Waals surface area contributed by atoms with E-state index < -0.39 is 0 Å². The largest absolute Gasteiger partial charge is 0.295 e. The van der Waals surface area contributed by atoms with Gasteiger partial charge in [-0.15, -0.1) is 0 Å². The van der Waals surface area contributed by atoms with Crippen molar-refractivity contribution in [3.8, 4) is 0 Å². The lowest BCUT2D eigenvalue weighted by molar-refractivity contribution is -0.117. The highest BCUT2D eigenvalue weighted by Gasteiger charge is 2.38. The van der Waals surface area contributed by atoms with E-state index in [9.17, 15) is 9.59 Å². The van der Waals surface area contributed by atoms with Crippen LogP contribution in [0.5, 0.6) is 0 Å². The summed E-state index contributed by atoms with van der Waals surface area (Å²) in [6.07, 6.45) is 1.53. The van der Waals surface area contributed by atoms with E-state index >= 15 is 0 Å². The van der Waals surface area contributed by atoms with Gasteiger partial charge in [0.25, 0.3) is 0 Å². The monoisotopic (exact) mass is 309 g/mol. The molecule has 0 saturated carbocycles. The van der Waals surface area contributed by atoms with Crippen LogP contribution >= 0.6 is 11.8 Å². The summed E-state index contributed by atoms with van der Waals surface area (Å²) in [5.74, 6) is -0.0835. The van der Waals surface area contributed by atoms with Crippen molar-refractivity contribution in [3.63, 3.8) is 0 Å². The van der Waals surface area contributed by atoms with Gasteiger partial charge in [-0.1, -0.05) is 60.3 Å². The summed E-state index contributed by atoms with van der Waals surface area (Å²) in [5, 5.41) is 0.365. The van der Waals surface area contributed by atoms with Gasteiger partial charge in [0.1, 0.15) is 5.25 Å². The maximum atomic E-state index is 12.9. The SMILES string of the molecule is CC(=O)/C=C1\S[C@H](c2ccccc2)C(=O)N1c1ccccc1. The molecule has 0 spiro atoms.